The van der Waals surface area contributed by atoms with Crippen molar-refractivity contribution in [1.82, 2.24) is 14.8 Å². The molecule has 0 unspecified atom stereocenters. The van der Waals surface area contributed by atoms with Crippen LogP contribution in [0.1, 0.15) is 26.3 Å². The maximum absolute atomic E-state index is 10.1. The van der Waals surface area contributed by atoms with E-state index in [1.54, 1.807) is 6.33 Å². The number of hydrogen-bond donors (Lipinski definition) is 1. The van der Waals surface area contributed by atoms with Gasteiger partial charge in [-0.25, -0.2) is 0 Å². The molecule has 0 amide bonds. The van der Waals surface area contributed by atoms with E-state index < -0.39 is 6.10 Å². The van der Waals surface area contributed by atoms with Gasteiger partial charge in [0.15, 0.2) is 5.16 Å². The number of benzene rings is 1. The molecular weight excluding hydrogens is 298 g/mol. The van der Waals surface area contributed by atoms with Crippen LogP contribution >= 0.6 is 11.8 Å². The van der Waals surface area contributed by atoms with Gasteiger partial charge in [-0.15, -0.1) is 10.2 Å². The fourth-order valence-electron chi connectivity index (χ4n) is 2.02. The zero-order valence-electron chi connectivity index (χ0n) is 13.5. The van der Waals surface area contributed by atoms with Crippen LogP contribution in [0.4, 0.5) is 0 Å². The summed E-state index contributed by atoms with van der Waals surface area (Å²) < 4.78 is 7.65. The van der Waals surface area contributed by atoms with Gasteiger partial charge in [-0.2, -0.15) is 0 Å². The van der Waals surface area contributed by atoms with Crippen LogP contribution in [0.5, 0.6) is 5.75 Å². The number of aromatic nitrogens is 3. The first-order chi connectivity index (χ1) is 10.4. The van der Waals surface area contributed by atoms with Gasteiger partial charge < -0.3 is 14.4 Å². The first-order valence-electron chi connectivity index (χ1n) is 7.25. The van der Waals surface area contributed by atoms with E-state index >= 15 is 0 Å². The van der Waals surface area contributed by atoms with Crippen LogP contribution in [-0.4, -0.2) is 38.3 Å². The van der Waals surface area contributed by atoms with E-state index in [9.17, 15) is 5.11 Å². The zero-order chi connectivity index (χ0) is 16.2. The maximum atomic E-state index is 10.1. The molecule has 1 aromatic carbocycles. The quantitative estimate of drug-likeness (QED) is 0.829. The van der Waals surface area contributed by atoms with E-state index in [0.29, 0.717) is 5.75 Å². The molecule has 0 saturated carbocycles. The highest BCUT2D eigenvalue weighted by Gasteiger charge is 2.19. The number of hydrogen-bond acceptors (Lipinski definition) is 5. The number of para-hydroxylation sites is 1. The summed E-state index contributed by atoms with van der Waals surface area (Å²) in [5.74, 6) is 1.35. The lowest BCUT2D eigenvalue weighted by molar-refractivity contribution is 0.125. The van der Waals surface area contributed by atoms with Crippen molar-refractivity contribution in [1.29, 1.82) is 0 Å². The summed E-state index contributed by atoms with van der Waals surface area (Å²) in [5, 5.41) is 18.7. The van der Waals surface area contributed by atoms with Crippen molar-refractivity contribution in [2.24, 2.45) is 7.05 Å². The SMILES string of the molecule is Cn1cnnc1SC[C@H](O)COc1ccccc1C(C)(C)C. The van der Waals surface area contributed by atoms with Crippen molar-refractivity contribution < 1.29 is 9.84 Å². The Bertz CT molecular complexity index is 607. The number of rotatable bonds is 6. The first-order valence-corrected chi connectivity index (χ1v) is 8.23. The summed E-state index contributed by atoms with van der Waals surface area (Å²) in [5.41, 5.74) is 1.15. The van der Waals surface area contributed by atoms with Gasteiger partial charge in [-0.05, 0) is 17.0 Å². The third-order valence-electron chi connectivity index (χ3n) is 3.20. The molecule has 6 heteroatoms. The van der Waals surface area contributed by atoms with E-state index in [-0.39, 0.29) is 12.0 Å². The van der Waals surface area contributed by atoms with E-state index in [1.807, 2.05) is 29.8 Å². The van der Waals surface area contributed by atoms with Gasteiger partial charge >= 0.3 is 0 Å². The highest BCUT2D eigenvalue weighted by molar-refractivity contribution is 7.99. The fraction of sp³-hybridized carbons (Fsp3) is 0.500. The molecular formula is C16H23N3O2S. The third kappa shape index (κ3) is 4.48. The number of aliphatic hydroxyl groups is 1. The molecule has 1 N–H and O–H groups in total. The molecule has 1 heterocycles. The molecule has 1 atom stereocenters. The minimum atomic E-state index is -0.560. The summed E-state index contributed by atoms with van der Waals surface area (Å²) in [7, 11) is 1.88. The van der Waals surface area contributed by atoms with Crippen molar-refractivity contribution in [2.75, 3.05) is 12.4 Å². The third-order valence-corrected chi connectivity index (χ3v) is 4.38. The van der Waals surface area contributed by atoms with Gasteiger partial charge in [-0.1, -0.05) is 50.7 Å². The minimum absolute atomic E-state index is 0.00885. The average molecular weight is 321 g/mol. The van der Waals surface area contributed by atoms with Gasteiger partial charge in [0.1, 0.15) is 18.7 Å². The van der Waals surface area contributed by atoms with Crippen LogP contribution in [0.25, 0.3) is 0 Å². The number of ether oxygens (including phenoxy) is 1. The predicted octanol–water partition coefficient (Wildman–Crippen LogP) is 2.64. The van der Waals surface area contributed by atoms with E-state index in [1.165, 1.54) is 11.8 Å². The molecule has 0 radical (unpaired) electrons. The zero-order valence-corrected chi connectivity index (χ0v) is 14.3. The van der Waals surface area contributed by atoms with Crippen LogP contribution in [-0.2, 0) is 12.5 Å². The number of thioether (sulfide) groups is 1. The molecule has 120 valence electrons. The van der Waals surface area contributed by atoms with E-state index in [0.717, 1.165) is 16.5 Å². The second-order valence-electron chi connectivity index (χ2n) is 6.25. The summed E-state index contributed by atoms with van der Waals surface area (Å²) in [6, 6.07) is 7.97. The van der Waals surface area contributed by atoms with Crippen LogP contribution in [0, 0.1) is 0 Å². The molecule has 0 spiro atoms. The van der Waals surface area contributed by atoms with Gasteiger partial charge in [0.05, 0.1) is 6.10 Å². The van der Waals surface area contributed by atoms with Gasteiger partial charge in [0.2, 0.25) is 0 Å². The lowest BCUT2D eigenvalue weighted by Crippen LogP contribution is -2.22. The molecule has 1 aromatic heterocycles. The number of aliphatic hydroxyl groups excluding tert-OH is 1. The Kier molecular flexibility index (Phi) is 5.47. The highest BCUT2D eigenvalue weighted by Crippen LogP contribution is 2.31. The Morgan fingerprint density at radius 2 is 2.05 bits per heavy atom. The Hall–Kier alpha value is -1.53. The number of nitrogens with zero attached hydrogens (tertiary/aromatic N) is 3. The molecule has 0 saturated heterocycles. The lowest BCUT2D eigenvalue weighted by Gasteiger charge is -2.23. The Balaban J connectivity index is 1.89. The molecule has 0 bridgehead atoms. The van der Waals surface area contributed by atoms with Crippen molar-refractivity contribution in [2.45, 2.75) is 37.4 Å². The Morgan fingerprint density at radius 1 is 1.32 bits per heavy atom. The van der Waals surface area contributed by atoms with Crippen LogP contribution < -0.4 is 4.74 Å². The van der Waals surface area contributed by atoms with Gasteiger partial charge in [0, 0.05) is 12.8 Å². The molecule has 0 aliphatic heterocycles. The van der Waals surface area contributed by atoms with Crippen molar-refractivity contribution in [3.05, 3.63) is 36.2 Å². The van der Waals surface area contributed by atoms with Crippen LogP contribution in [0.3, 0.4) is 0 Å². The topological polar surface area (TPSA) is 60.2 Å². The lowest BCUT2D eigenvalue weighted by atomic mass is 9.86. The monoisotopic (exact) mass is 321 g/mol. The van der Waals surface area contributed by atoms with Crippen molar-refractivity contribution in [3.63, 3.8) is 0 Å². The molecule has 0 aliphatic rings. The molecule has 22 heavy (non-hydrogen) atoms. The maximum Gasteiger partial charge on any atom is 0.190 e. The van der Waals surface area contributed by atoms with Crippen LogP contribution in [0.15, 0.2) is 35.7 Å². The second kappa shape index (κ2) is 7.15. The molecule has 0 aliphatic carbocycles. The molecule has 0 fully saturated rings. The normalized spacial score (nSPS) is 13.1. The summed E-state index contributed by atoms with van der Waals surface area (Å²) >= 11 is 1.47. The van der Waals surface area contributed by atoms with Crippen molar-refractivity contribution in [3.8, 4) is 5.75 Å². The minimum Gasteiger partial charge on any atom is -0.491 e. The molecule has 5 nitrogen and oxygen atoms in total. The van der Waals surface area contributed by atoms with Crippen LogP contribution in [0.2, 0.25) is 0 Å². The van der Waals surface area contributed by atoms with Gasteiger partial charge in [0.25, 0.3) is 0 Å². The highest BCUT2D eigenvalue weighted by atomic mass is 32.2. The Morgan fingerprint density at radius 3 is 2.68 bits per heavy atom. The standard InChI is InChI=1S/C16H23N3O2S/c1-16(2,3)13-7-5-6-8-14(13)21-9-12(20)10-22-15-18-17-11-19(15)4/h5-8,11-12,20H,9-10H2,1-4H3/t12-/m1/s1. The second-order valence-corrected chi connectivity index (χ2v) is 7.23. The van der Waals surface area contributed by atoms with E-state index in [4.69, 9.17) is 4.74 Å². The summed E-state index contributed by atoms with van der Waals surface area (Å²) in [6.45, 7) is 6.71. The Labute approximate surface area is 135 Å². The number of aryl methyl sites for hydroxylation is 1. The predicted molar refractivity (Wildman–Crippen MR) is 88.4 cm³/mol. The largest absolute Gasteiger partial charge is 0.491 e. The first kappa shape index (κ1) is 16.8. The fourth-order valence-corrected chi connectivity index (χ4v) is 2.81. The summed E-state index contributed by atoms with van der Waals surface area (Å²) in [6.07, 6.45) is 1.08. The average Bonchev–Trinajstić information content (AvgIpc) is 2.87. The van der Waals surface area contributed by atoms with E-state index in [2.05, 4.69) is 37.0 Å². The smallest absolute Gasteiger partial charge is 0.190 e. The van der Waals surface area contributed by atoms with Gasteiger partial charge in [-0.3, -0.25) is 0 Å². The molecule has 2 rings (SSSR count). The summed E-state index contributed by atoms with van der Waals surface area (Å²) in [4.78, 5) is 0. The van der Waals surface area contributed by atoms with Crippen molar-refractivity contribution >= 4 is 11.8 Å². The molecule has 2 aromatic rings.